The molecule has 3 aromatic rings. The lowest BCUT2D eigenvalue weighted by Crippen LogP contribution is -2.39. The molecule has 0 saturated heterocycles. The first-order valence-corrected chi connectivity index (χ1v) is 14.5. The Hall–Kier alpha value is -4.62. The number of aliphatic hydroxyl groups excluding tert-OH is 1. The first-order valence-electron chi connectivity index (χ1n) is 14.5. The van der Waals surface area contributed by atoms with Crippen LogP contribution in [-0.4, -0.2) is 76.2 Å². The maximum absolute atomic E-state index is 11.7. The highest BCUT2D eigenvalue weighted by molar-refractivity contribution is 5.97. The molecule has 0 amide bonds. The van der Waals surface area contributed by atoms with E-state index in [0.717, 1.165) is 41.7 Å². The van der Waals surface area contributed by atoms with Gasteiger partial charge in [0.25, 0.3) is 0 Å². The predicted molar refractivity (Wildman–Crippen MR) is 162 cm³/mol. The summed E-state index contributed by atoms with van der Waals surface area (Å²) in [6.45, 7) is 4.33. The second-order valence-electron chi connectivity index (χ2n) is 10.7. The van der Waals surface area contributed by atoms with Crippen LogP contribution in [0.15, 0.2) is 54.6 Å². The summed E-state index contributed by atoms with van der Waals surface area (Å²) in [5, 5.41) is 40.4. The van der Waals surface area contributed by atoms with E-state index in [2.05, 4.69) is 11.4 Å². The number of aliphatic hydroxyl groups is 1. The second-order valence-corrected chi connectivity index (χ2v) is 10.7. The minimum atomic E-state index is -5.08. The van der Waals surface area contributed by atoms with Crippen LogP contribution >= 0.6 is 0 Å². The molecule has 0 fully saturated rings. The number of carbonyl (C=O) groups excluding carboxylic acids is 1. The Morgan fingerprint density at radius 2 is 1.70 bits per heavy atom. The molecule has 5 N–H and O–H groups in total. The third-order valence-corrected chi connectivity index (χ3v) is 7.10. The number of nitrogens with one attached hydrogen (secondary N) is 1. The molecule has 4 rings (SSSR count). The van der Waals surface area contributed by atoms with Crippen molar-refractivity contribution in [1.82, 2.24) is 5.32 Å². The Morgan fingerprint density at radius 3 is 2.28 bits per heavy atom. The number of rotatable bonds is 12. The highest BCUT2D eigenvalue weighted by Gasteiger charge is 2.38. The fraction of sp³-hybridized carbons (Fsp3) is 0.364. The Morgan fingerprint density at radius 1 is 1.04 bits per heavy atom. The number of aliphatic carboxylic acids is 1. The van der Waals surface area contributed by atoms with E-state index in [0.29, 0.717) is 30.8 Å². The molecule has 1 unspecified atom stereocenters. The van der Waals surface area contributed by atoms with Crippen molar-refractivity contribution >= 4 is 17.7 Å². The molecule has 10 nitrogen and oxygen atoms in total. The fourth-order valence-electron chi connectivity index (χ4n) is 4.76. The lowest BCUT2D eigenvalue weighted by Gasteiger charge is -2.27. The topological polar surface area (TPSA) is 163 Å². The number of alkyl halides is 3. The van der Waals surface area contributed by atoms with Crippen molar-refractivity contribution in [1.29, 1.82) is 0 Å². The predicted octanol–water partition coefficient (Wildman–Crippen LogP) is 5.27. The van der Waals surface area contributed by atoms with Gasteiger partial charge in [-0.3, -0.25) is 4.79 Å². The molecular formula is C33H36F3NO9. The number of carboxylic acid groups (broad SMARTS) is 2. The number of aromatic hydroxyl groups is 1. The number of hydrogen-bond acceptors (Lipinski definition) is 8. The quantitative estimate of drug-likeness (QED) is 0.164. The molecule has 13 heteroatoms. The van der Waals surface area contributed by atoms with E-state index in [1.165, 1.54) is 6.92 Å². The van der Waals surface area contributed by atoms with Crippen LogP contribution in [0.3, 0.4) is 0 Å². The van der Waals surface area contributed by atoms with Gasteiger partial charge in [0, 0.05) is 18.7 Å². The summed E-state index contributed by atoms with van der Waals surface area (Å²) >= 11 is 0. The van der Waals surface area contributed by atoms with Crippen molar-refractivity contribution < 1.29 is 57.5 Å². The fourth-order valence-corrected chi connectivity index (χ4v) is 4.76. The summed E-state index contributed by atoms with van der Waals surface area (Å²) < 4.78 is 43.7. The maximum atomic E-state index is 11.7. The number of phenolic OH excluding ortho intramolecular Hbond substituents is 1. The molecule has 0 bridgehead atoms. The number of fused-ring (bicyclic) bond motifs is 1. The van der Waals surface area contributed by atoms with Crippen LogP contribution in [0.5, 0.6) is 17.2 Å². The Kier molecular flexibility index (Phi) is 12.5. The van der Waals surface area contributed by atoms with E-state index in [-0.39, 0.29) is 35.4 Å². The average Bonchev–Trinajstić information content (AvgIpc) is 3.00. The van der Waals surface area contributed by atoms with Crippen LogP contribution in [0.25, 0.3) is 11.1 Å². The Labute approximate surface area is 263 Å². The van der Waals surface area contributed by atoms with Gasteiger partial charge < -0.3 is 35.2 Å². The zero-order chi connectivity index (χ0) is 34.0. The summed E-state index contributed by atoms with van der Waals surface area (Å²) in [7, 11) is 0. The van der Waals surface area contributed by atoms with Crippen LogP contribution in [0.1, 0.15) is 58.5 Å². The molecule has 1 heterocycles. The van der Waals surface area contributed by atoms with Crippen molar-refractivity contribution in [2.24, 2.45) is 0 Å². The summed E-state index contributed by atoms with van der Waals surface area (Å²) in [4.78, 5) is 31.7. The number of ketones is 1. The summed E-state index contributed by atoms with van der Waals surface area (Å²) in [6.07, 6.45) is -2.85. The summed E-state index contributed by atoms with van der Waals surface area (Å²) in [6, 6.07) is 16.1. The van der Waals surface area contributed by atoms with Gasteiger partial charge >= 0.3 is 18.1 Å². The van der Waals surface area contributed by atoms with Crippen molar-refractivity contribution in [3.8, 4) is 28.4 Å². The molecular weight excluding hydrogens is 611 g/mol. The number of hydrogen-bond donors (Lipinski definition) is 5. The van der Waals surface area contributed by atoms with Crippen molar-refractivity contribution in [2.75, 3.05) is 19.7 Å². The lowest BCUT2D eigenvalue weighted by molar-refractivity contribution is -0.192. The first-order chi connectivity index (χ1) is 21.7. The van der Waals surface area contributed by atoms with Gasteiger partial charge in [0.15, 0.2) is 5.78 Å². The number of aromatic carboxylic acids is 1. The second kappa shape index (κ2) is 16.1. The maximum Gasteiger partial charge on any atom is 0.490 e. The third kappa shape index (κ3) is 9.94. The number of ether oxygens (including phenoxy) is 2. The standard InChI is InChI=1S/C31H35NO7.C2HF3O2/c1-3-4-27-29(14-12-26(19(2)33)30(27)35)38-18-24(34)16-32-17-25-11-9-23-15-22(10-13-28(23)39-25)20-5-7-21(8-6-20)31(36)37;3-2(4,5)1(6)7/h5-8,10,12-15,24-25,32,34-35H,3-4,9,11,16-18H2,1-2H3,(H,36,37);(H,6,7)/t24?,25-;/m1./s1. The molecule has 0 aliphatic carbocycles. The molecule has 0 spiro atoms. The summed E-state index contributed by atoms with van der Waals surface area (Å²) in [5.41, 5.74) is 4.19. The lowest BCUT2D eigenvalue weighted by atomic mass is 9.96. The van der Waals surface area contributed by atoms with Crippen molar-refractivity contribution in [3.63, 3.8) is 0 Å². The van der Waals surface area contributed by atoms with E-state index in [4.69, 9.17) is 24.5 Å². The molecule has 248 valence electrons. The number of carbonyl (C=O) groups is 3. The third-order valence-electron chi connectivity index (χ3n) is 7.10. The van der Waals surface area contributed by atoms with Gasteiger partial charge in [-0.1, -0.05) is 31.5 Å². The molecule has 3 aromatic carbocycles. The van der Waals surface area contributed by atoms with Gasteiger partial charge in [0.1, 0.15) is 36.1 Å². The number of benzene rings is 3. The number of carboxylic acids is 2. The van der Waals surface area contributed by atoms with Crippen molar-refractivity contribution in [3.05, 3.63) is 76.9 Å². The minimum absolute atomic E-state index is 0.0291. The van der Waals surface area contributed by atoms with E-state index in [1.807, 2.05) is 31.2 Å². The van der Waals surface area contributed by atoms with Gasteiger partial charge in [-0.15, -0.1) is 0 Å². The average molecular weight is 648 g/mol. The molecule has 0 saturated carbocycles. The van der Waals surface area contributed by atoms with Crippen LogP contribution < -0.4 is 14.8 Å². The Balaban J connectivity index is 0.000000738. The smallest absolute Gasteiger partial charge is 0.490 e. The number of aryl methyl sites for hydroxylation is 1. The van der Waals surface area contributed by atoms with Gasteiger partial charge in [0.05, 0.1) is 11.1 Å². The summed E-state index contributed by atoms with van der Waals surface area (Å²) in [5.74, 6) is -2.65. The van der Waals surface area contributed by atoms with Crippen LogP contribution in [-0.2, 0) is 17.6 Å². The van der Waals surface area contributed by atoms with E-state index in [9.17, 15) is 33.0 Å². The number of phenols is 1. The van der Waals surface area contributed by atoms with E-state index in [1.54, 1.807) is 24.3 Å². The normalized spacial score (nSPS) is 14.6. The van der Waals surface area contributed by atoms with E-state index >= 15 is 0 Å². The van der Waals surface area contributed by atoms with Crippen LogP contribution in [0, 0.1) is 0 Å². The van der Waals surface area contributed by atoms with E-state index < -0.39 is 24.2 Å². The van der Waals surface area contributed by atoms with Crippen LogP contribution in [0.2, 0.25) is 0 Å². The SMILES string of the molecule is CCCc1c(OCC(O)CNC[C@H]2CCc3cc(-c4ccc(C(=O)O)cc4)ccc3O2)ccc(C(C)=O)c1O.O=C(O)C(F)(F)F. The molecule has 1 aliphatic rings. The van der Waals surface area contributed by atoms with Gasteiger partial charge in [-0.05, 0) is 79.3 Å². The zero-order valence-electron chi connectivity index (χ0n) is 25.3. The van der Waals surface area contributed by atoms with Crippen LogP contribution in [0.4, 0.5) is 13.2 Å². The number of Topliss-reactive ketones (excluding diaryl/α,β-unsaturated/α-hetero) is 1. The molecule has 0 radical (unpaired) electrons. The molecule has 2 atom stereocenters. The minimum Gasteiger partial charge on any atom is -0.507 e. The van der Waals surface area contributed by atoms with Crippen molar-refractivity contribution in [2.45, 2.75) is 57.9 Å². The molecule has 46 heavy (non-hydrogen) atoms. The largest absolute Gasteiger partial charge is 0.507 e. The Bertz CT molecular complexity index is 1520. The highest BCUT2D eigenvalue weighted by Crippen LogP contribution is 2.34. The van der Waals surface area contributed by atoms with Gasteiger partial charge in [-0.25, -0.2) is 9.59 Å². The highest BCUT2D eigenvalue weighted by atomic mass is 19.4. The monoisotopic (exact) mass is 647 g/mol. The molecule has 0 aromatic heterocycles. The first kappa shape index (κ1) is 35.9. The van der Waals surface area contributed by atoms with Gasteiger partial charge in [-0.2, -0.15) is 13.2 Å². The molecule has 1 aliphatic heterocycles. The van der Waals surface area contributed by atoms with Gasteiger partial charge in [0.2, 0.25) is 0 Å². The number of halogens is 3. The zero-order valence-corrected chi connectivity index (χ0v) is 25.3.